The van der Waals surface area contributed by atoms with E-state index in [1.54, 1.807) is 13.4 Å². The van der Waals surface area contributed by atoms with Crippen LogP contribution in [0.2, 0.25) is 0 Å². The third-order valence-corrected chi connectivity index (χ3v) is 4.78. The fourth-order valence-corrected chi connectivity index (χ4v) is 3.69. The van der Waals surface area contributed by atoms with Gasteiger partial charge in [0, 0.05) is 19.7 Å². The lowest BCUT2D eigenvalue weighted by molar-refractivity contribution is 0.186. The van der Waals surface area contributed by atoms with Gasteiger partial charge in [-0.15, -0.1) is 10.2 Å². The summed E-state index contributed by atoms with van der Waals surface area (Å²) in [7, 11) is -1.19. The Kier molecular flexibility index (Phi) is 4.31. The summed E-state index contributed by atoms with van der Waals surface area (Å²) < 4.78 is 29.5. The maximum absolute atomic E-state index is 11.3. The summed E-state index contributed by atoms with van der Waals surface area (Å²) in [5.74, 6) is 1.30. The molecule has 1 fully saturated rings. The van der Waals surface area contributed by atoms with Gasteiger partial charge in [0.25, 0.3) is 0 Å². The molecule has 1 atom stereocenters. The first kappa shape index (κ1) is 13.4. The molecule has 18 heavy (non-hydrogen) atoms. The lowest BCUT2D eigenvalue weighted by atomic mass is 10.2. The second-order valence-electron chi connectivity index (χ2n) is 4.41. The van der Waals surface area contributed by atoms with Gasteiger partial charge in [-0.3, -0.25) is 0 Å². The van der Waals surface area contributed by atoms with Crippen LogP contribution >= 0.6 is 0 Å². The van der Waals surface area contributed by atoms with Crippen LogP contribution in [0.5, 0.6) is 0 Å². The summed E-state index contributed by atoms with van der Waals surface area (Å²) in [4.78, 5) is 0. The van der Waals surface area contributed by atoms with Crippen LogP contribution in [0.1, 0.15) is 12.2 Å². The highest BCUT2D eigenvalue weighted by atomic mass is 32.2. The number of hydrogen-bond donors (Lipinski definition) is 1. The van der Waals surface area contributed by atoms with Crippen molar-refractivity contribution in [1.82, 2.24) is 20.1 Å². The monoisotopic (exact) mass is 274 g/mol. The van der Waals surface area contributed by atoms with E-state index in [4.69, 9.17) is 4.74 Å². The lowest BCUT2D eigenvalue weighted by Crippen LogP contribution is -2.30. The zero-order valence-corrected chi connectivity index (χ0v) is 11.2. The van der Waals surface area contributed by atoms with Crippen LogP contribution < -0.4 is 5.32 Å². The van der Waals surface area contributed by atoms with Crippen molar-refractivity contribution < 1.29 is 13.2 Å². The highest BCUT2D eigenvalue weighted by molar-refractivity contribution is 7.91. The molecule has 2 heterocycles. The zero-order chi connectivity index (χ0) is 13.0. The minimum Gasteiger partial charge on any atom is -0.383 e. The van der Waals surface area contributed by atoms with Crippen molar-refractivity contribution in [3.05, 3.63) is 12.2 Å². The Hall–Kier alpha value is -0.990. The fourth-order valence-electron chi connectivity index (χ4n) is 1.98. The SMILES string of the molecule is COCCn1cnnc1CNC1CCS(=O)(=O)C1. The third-order valence-electron chi connectivity index (χ3n) is 3.01. The number of aromatic nitrogens is 3. The van der Waals surface area contributed by atoms with Crippen molar-refractivity contribution in [3.8, 4) is 0 Å². The molecular formula is C10H18N4O3S. The topological polar surface area (TPSA) is 86.1 Å². The van der Waals surface area contributed by atoms with Crippen LogP contribution in [-0.2, 0) is 27.7 Å². The van der Waals surface area contributed by atoms with Gasteiger partial charge in [-0.25, -0.2) is 8.42 Å². The first-order valence-corrected chi connectivity index (χ1v) is 7.72. The number of nitrogens with one attached hydrogen (secondary N) is 1. The minimum atomic E-state index is -2.84. The molecule has 1 saturated heterocycles. The zero-order valence-electron chi connectivity index (χ0n) is 10.4. The molecular weight excluding hydrogens is 256 g/mol. The average Bonchev–Trinajstić information content (AvgIpc) is 2.90. The molecule has 0 bridgehead atoms. The molecule has 1 aliphatic rings. The molecule has 2 rings (SSSR count). The number of methoxy groups -OCH3 is 1. The molecule has 0 aliphatic carbocycles. The van der Waals surface area contributed by atoms with Gasteiger partial charge in [-0.05, 0) is 6.42 Å². The quantitative estimate of drug-likeness (QED) is 0.731. The molecule has 102 valence electrons. The van der Waals surface area contributed by atoms with Crippen molar-refractivity contribution in [2.75, 3.05) is 25.2 Å². The molecule has 1 unspecified atom stereocenters. The number of sulfone groups is 1. The second-order valence-corrected chi connectivity index (χ2v) is 6.64. The van der Waals surface area contributed by atoms with E-state index in [0.29, 0.717) is 26.1 Å². The van der Waals surface area contributed by atoms with Crippen LogP contribution in [-0.4, -0.2) is 54.4 Å². The minimum absolute atomic E-state index is 0.0302. The van der Waals surface area contributed by atoms with Crippen molar-refractivity contribution >= 4 is 9.84 Å². The van der Waals surface area contributed by atoms with Gasteiger partial charge in [0.05, 0.1) is 24.7 Å². The highest BCUT2D eigenvalue weighted by Gasteiger charge is 2.27. The van der Waals surface area contributed by atoms with Crippen LogP contribution in [0.15, 0.2) is 6.33 Å². The summed E-state index contributed by atoms with van der Waals surface area (Å²) >= 11 is 0. The first-order valence-electron chi connectivity index (χ1n) is 5.90. The summed E-state index contributed by atoms with van der Waals surface area (Å²) in [5, 5.41) is 11.1. The molecule has 0 saturated carbocycles. The summed E-state index contributed by atoms with van der Waals surface area (Å²) in [6.45, 7) is 1.83. The van der Waals surface area contributed by atoms with Gasteiger partial charge in [0.1, 0.15) is 12.2 Å². The molecule has 0 aromatic carbocycles. The van der Waals surface area contributed by atoms with Gasteiger partial charge in [0.15, 0.2) is 9.84 Å². The van der Waals surface area contributed by atoms with E-state index in [1.807, 2.05) is 4.57 Å². The van der Waals surface area contributed by atoms with E-state index >= 15 is 0 Å². The van der Waals surface area contributed by atoms with Crippen molar-refractivity contribution in [2.45, 2.75) is 25.6 Å². The second kappa shape index (κ2) is 5.77. The van der Waals surface area contributed by atoms with Crippen LogP contribution in [0.4, 0.5) is 0 Å². The van der Waals surface area contributed by atoms with Crippen molar-refractivity contribution in [1.29, 1.82) is 0 Å². The largest absolute Gasteiger partial charge is 0.383 e. The standard InChI is InChI=1S/C10H18N4O3S/c1-17-4-3-14-8-12-13-10(14)6-11-9-2-5-18(15,16)7-9/h8-9,11H,2-7H2,1H3. The molecule has 0 amide bonds. The Morgan fingerprint density at radius 3 is 3.11 bits per heavy atom. The lowest BCUT2D eigenvalue weighted by Gasteiger charge is -2.11. The van der Waals surface area contributed by atoms with Crippen LogP contribution in [0.25, 0.3) is 0 Å². The van der Waals surface area contributed by atoms with Gasteiger partial charge in [-0.2, -0.15) is 0 Å². The van der Waals surface area contributed by atoms with E-state index in [1.165, 1.54) is 0 Å². The van der Waals surface area contributed by atoms with E-state index in [9.17, 15) is 8.42 Å². The molecule has 0 radical (unpaired) electrons. The molecule has 7 nitrogen and oxygen atoms in total. The van der Waals surface area contributed by atoms with E-state index in [2.05, 4.69) is 15.5 Å². The predicted octanol–water partition coefficient (Wildman–Crippen LogP) is -0.799. The van der Waals surface area contributed by atoms with Crippen LogP contribution in [0, 0.1) is 0 Å². The molecule has 1 aliphatic heterocycles. The third kappa shape index (κ3) is 3.50. The Bertz CT molecular complexity index is 485. The first-order chi connectivity index (χ1) is 8.61. The van der Waals surface area contributed by atoms with E-state index < -0.39 is 9.84 Å². The Morgan fingerprint density at radius 1 is 1.61 bits per heavy atom. The summed E-state index contributed by atoms with van der Waals surface area (Å²) in [6, 6.07) is 0.0302. The van der Waals surface area contributed by atoms with Gasteiger partial charge in [-0.1, -0.05) is 0 Å². The molecule has 1 aromatic heterocycles. The maximum atomic E-state index is 11.3. The Labute approximate surface area is 106 Å². The Morgan fingerprint density at radius 2 is 2.44 bits per heavy atom. The van der Waals surface area contributed by atoms with E-state index in [-0.39, 0.29) is 17.5 Å². The normalized spacial score (nSPS) is 22.4. The van der Waals surface area contributed by atoms with Crippen LogP contribution in [0.3, 0.4) is 0 Å². The van der Waals surface area contributed by atoms with Gasteiger partial charge < -0.3 is 14.6 Å². The van der Waals surface area contributed by atoms with Crippen molar-refractivity contribution in [3.63, 3.8) is 0 Å². The average molecular weight is 274 g/mol. The molecule has 8 heteroatoms. The van der Waals surface area contributed by atoms with E-state index in [0.717, 1.165) is 5.82 Å². The maximum Gasteiger partial charge on any atom is 0.151 e. The smallest absolute Gasteiger partial charge is 0.151 e. The fraction of sp³-hybridized carbons (Fsp3) is 0.800. The highest BCUT2D eigenvalue weighted by Crippen LogP contribution is 2.11. The summed E-state index contributed by atoms with van der Waals surface area (Å²) in [6.07, 6.45) is 2.33. The van der Waals surface area contributed by atoms with Crippen molar-refractivity contribution in [2.24, 2.45) is 0 Å². The van der Waals surface area contributed by atoms with Gasteiger partial charge in [0.2, 0.25) is 0 Å². The Balaban J connectivity index is 1.85. The molecule has 1 N–H and O–H groups in total. The number of rotatable bonds is 6. The summed E-state index contributed by atoms with van der Waals surface area (Å²) in [5.41, 5.74) is 0. The number of nitrogens with zero attached hydrogens (tertiary/aromatic N) is 3. The predicted molar refractivity (Wildman–Crippen MR) is 65.8 cm³/mol. The number of hydrogen-bond acceptors (Lipinski definition) is 6. The molecule has 1 aromatic rings. The molecule has 0 spiro atoms. The van der Waals surface area contributed by atoms with Gasteiger partial charge >= 0.3 is 0 Å². The number of ether oxygens (including phenoxy) is 1.